The molecule has 3 heterocycles. The zero-order chi connectivity index (χ0) is 22.5. The van der Waals surface area contributed by atoms with Crippen molar-refractivity contribution in [1.29, 1.82) is 0 Å². The maximum absolute atomic E-state index is 13.9. The smallest absolute Gasteiger partial charge is 0.258 e. The van der Waals surface area contributed by atoms with Crippen molar-refractivity contribution in [1.82, 2.24) is 19.2 Å². The Balaban J connectivity index is 1.63. The Hall–Kier alpha value is -2.67. The van der Waals surface area contributed by atoms with Gasteiger partial charge < -0.3 is 9.64 Å². The van der Waals surface area contributed by atoms with Gasteiger partial charge in [0.2, 0.25) is 11.7 Å². The summed E-state index contributed by atoms with van der Waals surface area (Å²) in [5, 5.41) is 4.98. The average Bonchev–Trinajstić information content (AvgIpc) is 3.29. The van der Waals surface area contributed by atoms with Gasteiger partial charge in [-0.1, -0.05) is 68.9 Å². The zero-order valence-corrected chi connectivity index (χ0v) is 19.5. The molecule has 5 rings (SSSR count). The van der Waals surface area contributed by atoms with Crippen LogP contribution in [0.15, 0.2) is 35.1 Å². The van der Waals surface area contributed by atoms with E-state index in [1.165, 1.54) is 38.5 Å². The molecule has 0 unspecified atom stereocenters. The highest BCUT2D eigenvalue weighted by atomic mass is 16.5. The van der Waals surface area contributed by atoms with Gasteiger partial charge >= 0.3 is 0 Å². The number of anilines is 1. The van der Waals surface area contributed by atoms with Crippen LogP contribution in [-0.4, -0.2) is 45.5 Å². The number of hydrogen-bond acceptors (Lipinski definition) is 5. The Labute approximate surface area is 195 Å². The van der Waals surface area contributed by atoms with Crippen molar-refractivity contribution < 1.29 is 4.74 Å². The van der Waals surface area contributed by atoms with Gasteiger partial charge in [0.15, 0.2) is 0 Å². The summed E-state index contributed by atoms with van der Waals surface area (Å²) in [4.78, 5) is 21.0. The number of rotatable bonds is 3. The minimum Gasteiger partial charge on any atom is -0.378 e. The van der Waals surface area contributed by atoms with E-state index in [2.05, 4.69) is 17.0 Å². The van der Waals surface area contributed by atoms with E-state index in [-0.39, 0.29) is 5.56 Å². The minimum absolute atomic E-state index is 0.110. The average molecular weight is 450 g/mol. The van der Waals surface area contributed by atoms with Crippen LogP contribution in [0.4, 0.5) is 5.95 Å². The van der Waals surface area contributed by atoms with Gasteiger partial charge in [-0.15, -0.1) is 5.10 Å². The van der Waals surface area contributed by atoms with Crippen molar-refractivity contribution in [2.45, 2.75) is 70.8 Å². The second-order valence-electron chi connectivity index (χ2n) is 9.35. The standard InChI is InChI=1S/C26H35N5O2/c32-24-22-14-10-5-3-1-2-4-6-11-15-23(22)31-26(30(24)20-21-12-8-7-9-13-21)27-25(28-31)29-16-18-33-19-17-29/h7-9,12-13H,1-6,10-11,14-20H2. The van der Waals surface area contributed by atoms with Gasteiger partial charge in [-0.3, -0.25) is 9.36 Å². The Morgan fingerprint density at radius 2 is 1.52 bits per heavy atom. The number of aryl methyl sites for hydroxylation is 1. The highest BCUT2D eigenvalue weighted by Gasteiger charge is 2.23. The van der Waals surface area contributed by atoms with E-state index in [0.29, 0.717) is 31.5 Å². The van der Waals surface area contributed by atoms with Gasteiger partial charge in [-0.05, 0) is 31.2 Å². The highest BCUT2D eigenvalue weighted by molar-refractivity contribution is 5.44. The van der Waals surface area contributed by atoms with Crippen LogP contribution in [0.5, 0.6) is 0 Å². The molecule has 7 heteroatoms. The Morgan fingerprint density at radius 3 is 2.24 bits per heavy atom. The van der Waals surface area contributed by atoms with Gasteiger partial charge in [0.1, 0.15) is 0 Å². The molecule has 3 aromatic rings. The molecular formula is C26H35N5O2. The molecule has 1 aliphatic carbocycles. The highest BCUT2D eigenvalue weighted by Crippen LogP contribution is 2.21. The van der Waals surface area contributed by atoms with E-state index < -0.39 is 0 Å². The Kier molecular flexibility index (Phi) is 7.05. The normalized spacial score (nSPS) is 18.5. The van der Waals surface area contributed by atoms with E-state index in [0.717, 1.165) is 55.6 Å². The molecular weight excluding hydrogens is 414 g/mol. The molecule has 0 atom stereocenters. The molecule has 0 bridgehead atoms. The van der Waals surface area contributed by atoms with Crippen LogP contribution in [-0.2, 0) is 24.1 Å². The molecule has 1 aliphatic heterocycles. The summed E-state index contributed by atoms with van der Waals surface area (Å²) in [7, 11) is 0. The largest absolute Gasteiger partial charge is 0.378 e. The lowest BCUT2D eigenvalue weighted by atomic mass is 9.99. The van der Waals surface area contributed by atoms with Gasteiger partial charge in [0.05, 0.1) is 25.5 Å². The third-order valence-electron chi connectivity index (χ3n) is 7.00. The van der Waals surface area contributed by atoms with Gasteiger partial charge in [-0.2, -0.15) is 4.98 Å². The summed E-state index contributed by atoms with van der Waals surface area (Å²) in [6.45, 7) is 3.44. The molecule has 0 saturated carbocycles. The van der Waals surface area contributed by atoms with Crippen molar-refractivity contribution in [2.75, 3.05) is 31.2 Å². The van der Waals surface area contributed by atoms with Crippen LogP contribution in [0.2, 0.25) is 0 Å². The van der Waals surface area contributed by atoms with Crippen molar-refractivity contribution in [3.05, 3.63) is 57.5 Å². The molecule has 0 N–H and O–H groups in total. The first-order valence-corrected chi connectivity index (χ1v) is 12.7. The molecule has 0 radical (unpaired) electrons. The molecule has 1 aromatic carbocycles. The van der Waals surface area contributed by atoms with Crippen molar-refractivity contribution in [2.24, 2.45) is 0 Å². The predicted molar refractivity (Wildman–Crippen MR) is 130 cm³/mol. The quantitative estimate of drug-likeness (QED) is 0.605. The third-order valence-corrected chi connectivity index (χ3v) is 7.00. The Morgan fingerprint density at radius 1 is 0.848 bits per heavy atom. The van der Waals surface area contributed by atoms with Crippen LogP contribution in [0.1, 0.15) is 68.2 Å². The summed E-state index contributed by atoms with van der Waals surface area (Å²) in [6.07, 6.45) is 11.4. The molecule has 0 spiro atoms. The maximum Gasteiger partial charge on any atom is 0.258 e. The lowest BCUT2D eigenvalue weighted by molar-refractivity contribution is 0.122. The minimum atomic E-state index is 0.110. The summed E-state index contributed by atoms with van der Waals surface area (Å²) >= 11 is 0. The molecule has 176 valence electrons. The third kappa shape index (κ3) is 4.98. The fraction of sp³-hybridized carbons (Fsp3) is 0.577. The molecule has 0 amide bonds. The van der Waals surface area contributed by atoms with E-state index in [9.17, 15) is 4.79 Å². The predicted octanol–water partition coefficient (Wildman–Crippen LogP) is 4.00. The summed E-state index contributed by atoms with van der Waals surface area (Å²) in [6, 6.07) is 10.2. The van der Waals surface area contributed by atoms with Crippen LogP contribution in [0.3, 0.4) is 0 Å². The van der Waals surface area contributed by atoms with Crippen molar-refractivity contribution in [3.8, 4) is 0 Å². The van der Waals surface area contributed by atoms with Crippen LogP contribution in [0.25, 0.3) is 5.78 Å². The Bertz CT molecular complexity index is 1120. The lowest BCUT2D eigenvalue weighted by Crippen LogP contribution is -2.36. The van der Waals surface area contributed by atoms with Gasteiger partial charge in [0.25, 0.3) is 5.56 Å². The fourth-order valence-corrected chi connectivity index (χ4v) is 5.12. The zero-order valence-electron chi connectivity index (χ0n) is 19.5. The molecule has 1 fully saturated rings. The maximum atomic E-state index is 13.9. The van der Waals surface area contributed by atoms with E-state index in [1.807, 2.05) is 27.3 Å². The SMILES string of the molecule is O=c1c2c(n3nc(N4CCOCC4)nc3n1Cc1ccccc1)CCCCCCCCCC2. The first-order valence-electron chi connectivity index (χ1n) is 12.7. The van der Waals surface area contributed by atoms with E-state index >= 15 is 0 Å². The van der Waals surface area contributed by atoms with Gasteiger partial charge in [0, 0.05) is 18.7 Å². The molecule has 2 aromatic heterocycles. The first-order chi connectivity index (χ1) is 16.3. The second-order valence-corrected chi connectivity index (χ2v) is 9.35. The van der Waals surface area contributed by atoms with Gasteiger partial charge in [-0.25, -0.2) is 4.52 Å². The van der Waals surface area contributed by atoms with Crippen LogP contribution >= 0.6 is 0 Å². The molecule has 33 heavy (non-hydrogen) atoms. The summed E-state index contributed by atoms with van der Waals surface area (Å²) in [5.74, 6) is 1.37. The van der Waals surface area contributed by atoms with Crippen molar-refractivity contribution >= 4 is 11.7 Å². The van der Waals surface area contributed by atoms with Crippen LogP contribution in [0, 0.1) is 0 Å². The topological polar surface area (TPSA) is 64.7 Å². The van der Waals surface area contributed by atoms with E-state index in [4.69, 9.17) is 14.8 Å². The summed E-state index contributed by atoms with van der Waals surface area (Å²) < 4.78 is 9.37. The number of hydrogen-bond donors (Lipinski definition) is 0. The first kappa shape index (κ1) is 22.1. The number of benzene rings is 1. The molecule has 1 saturated heterocycles. The lowest BCUT2D eigenvalue weighted by Gasteiger charge is -2.25. The molecule has 7 nitrogen and oxygen atoms in total. The number of fused-ring (bicyclic) bond motifs is 3. The van der Waals surface area contributed by atoms with E-state index in [1.54, 1.807) is 0 Å². The number of nitrogens with zero attached hydrogens (tertiary/aromatic N) is 5. The monoisotopic (exact) mass is 449 g/mol. The van der Waals surface area contributed by atoms with Crippen LogP contribution < -0.4 is 10.5 Å². The molecule has 2 aliphatic rings. The number of morpholine rings is 1. The number of ether oxygens (including phenoxy) is 1. The second kappa shape index (κ2) is 10.5. The fourth-order valence-electron chi connectivity index (χ4n) is 5.12. The number of aromatic nitrogens is 4. The van der Waals surface area contributed by atoms with Crippen molar-refractivity contribution in [3.63, 3.8) is 0 Å². The summed E-state index contributed by atoms with van der Waals surface area (Å²) in [5.41, 5.74) is 3.23.